The Morgan fingerprint density at radius 3 is 2.64 bits per heavy atom. The van der Waals surface area contributed by atoms with Crippen LogP contribution in [-0.2, 0) is 23.9 Å². The first-order valence-corrected chi connectivity index (χ1v) is 11.0. The summed E-state index contributed by atoms with van der Waals surface area (Å²) in [7, 11) is 2.76. The van der Waals surface area contributed by atoms with E-state index in [-0.39, 0.29) is 43.3 Å². The number of carbonyl (C=O) groups excluding carboxylic acids is 2. The molecule has 0 saturated heterocycles. The van der Waals surface area contributed by atoms with Gasteiger partial charge in [0.1, 0.15) is 0 Å². The minimum absolute atomic E-state index is 0.0895. The number of hydrogen-bond acceptors (Lipinski definition) is 6. The number of carbonyl (C=O) groups is 2. The molecule has 2 amide bonds. The normalized spacial score (nSPS) is 14.4. The van der Waals surface area contributed by atoms with Gasteiger partial charge in [-0.2, -0.15) is 18.3 Å². The van der Waals surface area contributed by atoms with Crippen LogP contribution in [0.15, 0.2) is 42.5 Å². The van der Waals surface area contributed by atoms with Gasteiger partial charge in [0.05, 0.1) is 25.0 Å². The maximum Gasteiger partial charge on any atom is 0.435 e. The zero-order valence-corrected chi connectivity index (χ0v) is 19.3. The van der Waals surface area contributed by atoms with Gasteiger partial charge in [0.25, 0.3) is 5.91 Å². The first-order valence-electron chi connectivity index (χ1n) is 11.0. The van der Waals surface area contributed by atoms with E-state index in [1.165, 1.54) is 27.7 Å². The predicted molar refractivity (Wildman–Crippen MR) is 120 cm³/mol. The van der Waals surface area contributed by atoms with Gasteiger partial charge in [-0.3, -0.25) is 4.79 Å². The molecule has 0 spiro atoms. The Balaban J connectivity index is 1.48. The second-order valence-corrected chi connectivity index (χ2v) is 8.28. The number of fused-ring (bicyclic) bond motifs is 2. The van der Waals surface area contributed by atoms with Crippen molar-refractivity contribution in [3.63, 3.8) is 0 Å². The molecule has 36 heavy (non-hydrogen) atoms. The summed E-state index contributed by atoms with van der Waals surface area (Å²) in [6, 6.07) is 11.3. The van der Waals surface area contributed by atoms with Gasteiger partial charge in [-0.05, 0) is 30.3 Å². The van der Waals surface area contributed by atoms with Gasteiger partial charge in [0, 0.05) is 42.9 Å². The highest BCUT2D eigenvalue weighted by Gasteiger charge is 2.41. The largest absolute Gasteiger partial charge is 0.454 e. The molecule has 1 aromatic heterocycles. The SMILES string of the molecule is COC(=O)N1CCc2c(c(C(F)(F)F)nn2-c2cccc(C(=O)N(C)c3ccc4c(c3)OCO4)c2)C1. The van der Waals surface area contributed by atoms with Crippen molar-refractivity contribution >= 4 is 17.7 Å². The highest BCUT2D eigenvalue weighted by molar-refractivity contribution is 6.06. The van der Waals surface area contributed by atoms with E-state index < -0.39 is 18.0 Å². The third kappa shape index (κ3) is 4.08. The molecular formula is C24H21F3N4O5. The van der Waals surface area contributed by atoms with E-state index in [1.807, 2.05) is 0 Å². The number of anilines is 1. The Morgan fingerprint density at radius 1 is 1.11 bits per heavy atom. The molecule has 0 saturated carbocycles. The molecule has 12 heteroatoms. The monoisotopic (exact) mass is 502 g/mol. The van der Waals surface area contributed by atoms with E-state index in [0.29, 0.717) is 28.6 Å². The lowest BCUT2D eigenvalue weighted by Crippen LogP contribution is -2.36. The van der Waals surface area contributed by atoms with E-state index in [1.54, 1.807) is 43.4 Å². The molecule has 0 N–H and O–H groups in total. The summed E-state index contributed by atoms with van der Waals surface area (Å²) in [5.41, 5.74) is 0.300. The second kappa shape index (κ2) is 8.77. The summed E-state index contributed by atoms with van der Waals surface area (Å²) < 4.78 is 58.0. The number of halogens is 3. The molecule has 0 radical (unpaired) electrons. The molecule has 9 nitrogen and oxygen atoms in total. The van der Waals surface area contributed by atoms with Crippen LogP contribution in [0.3, 0.4) is 0 Å². The number of methoxy groups -OCH3 is 1. The minimum atomic E-state index is -4.72. The Bertz CT molecular complexity index is 1350. The summed E-state index contributed by atoms with van der Waals surface area (Å²) in [5, 5.41) is 3.85. The summed E-state index contributed by atoms with van der Waals surface area (Å²) in [5.74, 6) is 0.727. The summed E-state index contributed by atoms with van der Waals surface area (Å²) in [6.45, 7) is 0.000444. The molecule has 0 fully saturated rings. The van der Waals surface area contributed by atoms with Gasteiger partial charge in [0.15, 0.2) is 17.2 Å². The van der Waals surface area contributed by atoms with Gasteiger partial charge in [-0.25, -0.2) is 9.48 Å². The van der Waals surface area contributed by atoms with E-state index in [9.17, 15) is 22.8 Å². The van der Waals surface area contributed by atoms with Crippen molar-refractivity contribution in [2.45, 2.75) is 19.1 Å². The van der Waals surface area contributed by atoms with Crippen LogP contribution in [0.4, 0.5) is 23.7 Å². The van der Waals surface area contributed by atoms with Crippen LogP contribution in [0.2, 0.25) is 0 Å². The molecule has 0 aliphatic carbocycles. The maximum atomic E-state index is 13.8. The van der Waals surface area contributed by atoms with Gasteiger partial charge in [-0.15, -0.1) is 0 Å². The predicted octanol–water partition coefficient (Wildman–Crippen LogP) is 4.02. The number of benzene rings is 2. The summed E-state index contributed by atoms with van der Waals surface area (Å²) >= 11 is 0. The van der Waals surface area contributed by atoms with Crippen LogP contribution in [0.5, 0.6) is 11.5 Å². The van der Waals surface area contributed by atoms with Crippen molar-refractivity contribution in [1.82, 2.24) is 14.7 Å². The third-order valence-electron chi connectivity index (χ3n) is 6.14. The highest BCUT2D eigenvalue weighted by Crippen LogP contribution is 2.37. The van der Waals surface area contributed by atoms with Gasteiger partial charge < -0.3 is 24.0 Å². The first-order chi connectivity index (χ1) is 17.2. The summed E-state index contributed by atoms with van der Waals surface area (Å²) in [4.78, 5) is 27.7. The molecule has 3 heterocycles. The van der Waals surface area contributed by atoms with Crippen LogP contribution >= 0.6 is 0 Å². The second-order valence-electron chi connectivity index (χ2n) is 8.28. The van der Waals surface area contributed by atoms with Crippen molar-refractivity contribution in [2.24, 2.45) is 0 Å². The van der Waals surface area contributed by atoms with Crippen LogP contribution in [0.25, 0.3) is 5.69 Å². The molecule has 188 valence electrons. The molecule has 3 aromatic rings. The lowest BCUT2D eigenvalue weighted by Gasteiger charge is -2.26. The molecular weight excluding hydrogens is 481 g/mol. The fraction of sp³-hybridized carbons (Fsp3) is 0.292. The van der Waals surface area contributed by atoms with E-state index in [0.717, 1.165) is 0 Å². The van der Waals surface area contributed by atoms with E-state index >= 15 is 0 Å². The molecule has 5 rings (SSSR count). The molecule has 0 atom stereocenters. The van der Waals surface area contributed by atoms with Gasteiger partial charge in [-0.1, -0.05) is 6.07 Å². The van der Waals surface area contributed by atoms with Crippen LogP contribution in [0.1, 0.15) is 27.3 Å². The fourth-order valence-electron chi connectivity index (χ4n) is 4.32. The Hall–Kier alpha value is -4.22. The van der Waals surface area contributed by atoms with Crippen molar-refractivity contribution in [2.75, 3.05) is 32.4 Å². The highest BCUT2D eigenvalue weighted by atomic mass is 19.4. The fourth-order valence-corrected chi connectivity index (χ4v) is 4.32. The van der Waals surface area contributed by atoms with Gasteiger partial charge in [0.2, 0.25) is 6.79 Å². The zero-order chi connectivity index (χ0) is 25.6. The summed E-state index contributed by atoms with van der Waals surface area (Å²) in [6.07, 6.45) is -5.29. The number of hydrogen-bond donors (Lipinski definition) is 0. The lowest BCUT2D eigenvalue weighted by molar-refractivity contribution is -0.142. The van der Waals surface area contributed by atoms with Crippen LogP contribution < -0.4 is 14.4 Å². The molecule has 0 bridgehead atoms. The van der Waals surface area contributed by atoms with Crippen molar-refractivity contribution in [3.8, 4) is 17.2 Å². The number of aromatic nitrogens is 2. The molecule has 2 aliphatic rings. The van der Waals surface area contributed by atoms with Crippen molar-refractivity contribution in [1.29, 1.82) is 0 Å². The average Bonchev–Trinajstić information content (AvgIpc) is 3.51. The number of ether oxygens (including phenoxy) is 3. The topological polar surface area (TPSA) is 86.1 Å². The quantitative estimate of drug-likeness (QED) is 0.538. The zero-order valence-electron chi connectivity index (χ0n) is 19.3. The van der Waals surface area contributed by atoms with Crippen LogP contribution in [0, 0.1) is 0 Å². The lowest BCUT2D eigenvalue weighted by atomic mass is 10.0. The molecule has 0 unspecified atom stereocenters. The number of rotatable bonds is 3. The Labute approximate surface area is 203 Å². The van der Waals surface area contributed by atoms with Crippen molar-refractivity contribution in [3.05, 3.63) is 65.0 Å². The standard InChI is InChI=1S/C24H21F3N4O5/c1-29(15-6-7-19-20(11-15)36-13-35-19)22(32)14-4-3-5-16(10-14)31-18-8-9-30(23(33)34-2)12-17(18)21(28-31)24(25,26)27/h3-7,10-11H,8-9,12-13H2,1-2H3. The average molecular weight is 502 g/mol. The van der Waals surface area contributed by atoms with Crippen LogP contribution in [-0.4, -0.2) is 54.2 Å². The minimum Gasteiger partial charge on any atom is -0.454 e. The van der Waals surface area contributed by atoms with Crippen molar-refractivity contribution < 1.29 is 37.0 Å². The van der Waals surface area contributed by atoms with Gasteiger partial charge >= 0.3 is 12.3 Å². The molecule has 2 aromatic carbocycles. The number of alkyl halides is 3. The number of amides is 2. The maximum absolute atomic E-state index is 13.8. The number of nitrogens with zero attached hydrogens (tertiary/aromatic N) is 4. The third-order valence-corrected chi connectivity index (χ3v) is 6.14. The Morgan fingerprint density at radius 2 is 1.89 bits per heavy atom. The smallest absolute Gasteiger partial charge is 0.435 e. The molecule has 2 aliphatic heterocycles. The van der Waals surface area contributed by atoms with E-state index in [2.05, 4.69) is 9.84 Å². The first kappa shape index (κ1) is 23.5. The Kier molecular flexibility index (Phi) is 5.73. The van der Waals surface area contributed by atoms with E-state index in [4.69, 9.17) is 9.47 Å².